The van der Waals surface area contributed by atoms with Crippen LogP contribution in [0, 0.1) is 6.92 Å². The van der Waals surface area contributed by atoms with Gasteiger partial charge in [-0.05, 0) is 42.8 Å². The number of methoxy groups -OCH3 is 1. The molecular weight excluding hydrogens is 302 g/mol. The zero-order valence-electron chi connectivity index (χ0n) is 12.1. The zero-order valence-corrected chi connectivity index (χ0v) is 12.9. The van der Waals surface area contributed by atoms with Gasteiger partial charge in [0.2, 0.25) is 0 Å². The Kier molecular flexibility index (Phi) is 3.73. The van der Waals surface area contributed by atoms with Crippen molar-refractivity contribution in [3.05, 3.63) is 59.0 Å². The van der Waals surface area contributed by atoms with Crippen LogP contribution in [-0.2, 0) is 0 Å². The van der Waals surface area contributed by atoms with Crippen LogP contribution in [0.1, 0.15) is 16.1 Å². The van der Waals surface area contributed by atoms with Crippen LogP contribution in [0.25, 0.3) is 5.65 Å². The summed E-state index contributed by atoms with van der Waals surface area (Å²) in [6, 6.07) is 10.9. The van der Waals surface area contributed by atoms with E-state index in [1.807, 2.05) is 25.1 Å². The molecular formula is C16H14ClN3O2. The van der Waals surface area contributed by atoms with Crippen LogP contribution < -0.4 is 10.1 Å². The lowest BCUT2D eigenvalue weighted by atomic mass is 10.2. The number of nitrogens with one attached hydrogen (secondary N) is 1. The van der Waals surface area contributed by atoms with Crippen LogP contribution in [0.5, 0.6) is 5.75 Å². The maximum atomic E-state index is 12.5. The molecule has 2 aromatic heterocycles. The second kappa shape index (κ2) is 5.69. The number of imidazole rings is 1. The first-order chi connectivity index (χ1) is 10.6. The number of anilines is 1. The number of aromatic nitrogens is 2. The molecule has 0 spiro atoms. The number of hydrogen-bond acceptors (Lipinski definition) is 3. The Hall–Kier alpha value is -2.53. The molecule has 22 heavy (non-hydrogen) atoms. The molecule has 1 N–H and O–H groups in total. The molecule has 1 amide bonds. The zero-order chi connectivity index (χ0) is 15.7. The standard InChI is InChI=1S/C16H14ClN3O2/c1-10-9-11(6-7-12(10)22-2)18-16(21)14-15(17)19-13-5-3-4-8-20(13)14/h3-9H,1-2H3,(H,18,21). The van der Waals surface area contributed by atoms with Crippen molar-refractivity contribution in [1.29, 1.82) is 0 Å². The topological polar surface area (TPSA) is 55.6 Å². The van der Waals surface area contributed by atoms with E-state index in [0.29, 0.717) is 17.0 Å². The van der Waals surface area contributed by atoms with E-state index in [9.17, 15) is 4.79 Å². The largest absolute Gasteiger partial charge is 0.496 e. The van der Waals surface area contributed by atoms with Crippen LogP contribution >= 0.6 is 11.6 Å². The normalized spacial score (nSPS) is 10.7. The molecule has 0 aliphatic carbocycles. The maximum absolute atomic E-state index is 12.5. The summed E-state index contributed by atoms with van der Waals surface area (Å²) in [4.78, 5) is 16.7. The quantitative estimate of drug-likeness (QED) is 0.804. The molecule has 3 rings (SSSR count). The molecule has 0 fully saturated rings. The van der Waals surface area contributed by atoms with Gasteiger partial charge in [0.05, 0.1) is 7.11 Å². The van der Waals surface area contributed by atoms with Gasteiger partial charge in [0, 0.05) is 11.9 Å². The van der Waals surface area contributed by atoms with E-state index in [1.165, 1.54) is 0 Å². The smallest absolute Gasteiger partial charge is 0.275 e. The van der Waals surface area contributed by atoms with Crippen LogP contribution in [0.2, 0.25) is 5.15 Å². The third-order valence-electron chi connectivity index (χ3n) is 3.36. The fourth-order valence-corrected chi connectivity index (χ4v) is 2.58. The first-order valence-corrected chi connectivity index (χ1v) is 7.06. The van der Waals surface area contributed by atoms with Crippen molar-refractivity contribution in [3.8, 4) is 5.75 Å². The van der Waals surface area contributed by atoms with Gasteiger partial charge < -0.3 is 10.1 Å². The number of amides is 1. The van der Waals surface area contributed by atoms with Gasteiger partial charge in [-0.1, -0.05) is 17.7 Å². The second-order valence-corrected chi connectivity index (χ2v) is 5.18. The number of fused-ring (bicyclic) bond motifs is 1. The fraction of sp³-hybridized carbons (Fsp3) is 0.125. The molecule has 0 saturated carbocycles. The minimum absolute atomic E-state index is 0.175. The predicted octanol–water partition coefficient (Wildman–Crippen LogP) is 3.56. The lowest BCUT2D eigenvalue weighted by molar-refractivity contribution is 0.102. The molecule has 0 radical (unpaired) electrons. The number of nitrogens with zero attached hydrogens (tertiary/aromatic N) is 2. The number of ether oxygens (including phenoxy) is 1. The summed E-state index contributed by atoms with van der Waals surface area (Å²) in [5.41, 5.74) is 2.55. The lowest BCUT2D eigenvalue weighted by Crippen LogP contribution is -2.15. The number of rotatable bonds is 3. The van der Waals surface area contributed by atoms with Gasteiger partial charge in [0.25, 0.3) is 5.91 Å². The summed E-state index contributed by atoms with van der Waals surface area (Å²) < 4.78 is 6.87. The van der Waals surface area contributed by atoms with Crippen LogP contribution in [0.3, 0.4) is 0 Å². The first kappa shape index (κ1) is 14.4. The van der Waals surface area contributed by atoms with Crippen molar-refractivity contribution in [3.63, 3.8) is 0 Å². The number of aryl methyl sites for hydroxylation is 1. The van der Waals surface area contributed by atoms with Crippen molar-refractivity contribution < 1.29 is 9.53 Å². The van der Waals surface area contributed by atoms with E-state index >= 15 is 0 Å². The molecule has 0 aliphatic rings. The highest BCUT2D eigenvalue weighted by Crippen LogP contribution is 2.23. The van der Waals surface area contributed by atoms with Gasteiger partial charge >= 0.3 is 0 Å². The van der Waals surface area contributed by atoms with Crippen molar-refractivity contribution in [2.75, 3.05) is 12.4 Å². The first-order valence-electron chi connectivity index (χ1n) is 6.68. The molecule has 2 heterocycles. The maximum Gasteiger partial charge on any atom is 0.275 e. The summed E-state index contributed by atoms with van der Waals surface area (Å²) in [6.07, 6.45) is 1.75. The SMILES string of the molecule is COc1ccc(NC(=O)c2c(Cl)nc3ccccn23)cc1C. The van der Waals surface area contributed by atoms with Gasteiger partial charge in [-0.15, -0.1) is 0 Å². The molecule has 1 aromatic carbocycles. The number of hydrogen-bond donors (Lipinski definition) is 1. The summed E-state index contributed by atoms with van der Waals surface area (Å²) in [6.45, 7) is 1.91. The highest BCUT2D eigenvalue weighted by atomic mass is 35.5. The summed E-state index contributed by atoms with van der Waals surface area (Å²) in [5, 5.41) is 3.00. The summed E-state index contributed by atoms with van der Waals surface area (Å²) in [5.74, 6) is 0.458. The third-order valence-corrected chi connectivity index (χ3v) is 3.62. The minimum atomic E-state index is -0.312. The van der Waals surface area contributed by atoms with Gasteiger partial charge in [-0.2, -0.15) is 0 Å². The predicted molar refractivity (Wildman–Crippen MR) is 85.9 cm³/mol. The van der Waals surface area contributed by atoms with Crippen molar-refractivity contribution in [1.82, 2.24) is 9.38 Å². The molecule has 0 aliphatic heterocycles. The highest BCUT2D eigenvalue weighted by Gasteiger charge is 2.18. The van der Waals surface area contributed by atoms with E-state index in [0.717, 1.165) is 11.3 Å². The molecule has 0 unspecified atom stereocenters. The van der Waals surface area contributed by atoms with E-state index in [4.69, 9.17) is 16.3 Å². The van der Waals surface area contributed by atoms with E-state index in [2.05, 4.69) is 10.3 Å². The fourth-order valence-electron chi connectivity index (χ4n) is 2.32. The van der Waals surface area contributed by atoms with Crippen molar-refractivity contribution in [2.45, 2.75) is 6.92 Å². The average Bonchev–Trinajstić information content (AvgIpc) is 2.83. The Morgan fingerprint density at radius 1 is 1.32 bits per heavy atom. The number of halogens is 1. The van der Waals surface area contributed by atoms with E-state index in [1.54, 1.807) is 35.9 Å². The molecule has 112 valence electrons. The van der Waals surface area contributed by atoms with Crippen LogP contribution in [0.15, 0.2) is 42.6 Å². The second-order valence-electron chi connectivity index (χ2n) is 4.82. The van der Waals surface area contributed by atoms with Crippen LogP contribution in [0.4, 0.5) is 5.69 Å². The molecule has 3 aromatic rings. The molecule has 0 saturated heterocycles. The minimum Gasteiger partial charge on any atom is -0.496 e. The molecule has 0 atom stereocenters. The molecule has 6 heteroatoms. The van der Waals surface area contributed by atoms with Gasteiger partial charge in [-0.25, -0.2) is 4.98 Å². The lowest BCUT2D eigenvalue weighted by Gasteiger charge is -2.09. The van der Waals surface area contributed by atoms with Gasteiger partial charge in [0.15, 0.2) is 10.8 Å². The summed E-state index contributed by atoms with van der Waals surface area (Å²) in [7, 11) is 1.61. The van der Waals surface area contributed by atoms with Gasteiger partial charge in [-0.3, -0.25) is 9.20 Å². The van der Waals surface area contributed by atoms with Crippen molar-refractivity contribution in [2.24, 2.45) is 0 Å². The van der Waals surface area contributed by atoms with Gasteiger partial charge in [0.1, 0.15) is 11.4 Å². The Bertz CT molecular complexity index is 858. The van der Waals surface area contributed by atoms with Crippen molar-refractivity contribution >= 4 is 28.8 Å². The third kappa shape index (κ3) is 2.51. The number of benzene rings is 1. The Morgan fingerprint density at radius 3 is 2.86 bits per heavy atom. The van der Waals surface area contributed by atoms with E-state index < -0.39 is 0 Å². The number of carbonyl (C=O) groups is 1. The average molecular weight is 316 g/mol. The number of pyridine rings is 1. The molecule has 5 nitrogen and oxygen atoms in total. The summed E-state index contributed by atoms with van der Waals surface area (Å²) >= 11 is 6.09. The highest BCUT2D eigenvalue weighted by molar-refractivity contribution is 6.33. The monoisotopic (exact) mass is 315 g/mol. The van der Waals surface area contributed by atoms with E-state index in [-0.39, 0.29) is 11.1 Å². The van der Waals surface area contributed by atoms with Crippen LogP contribution in [-0.4, -0.2) is 22.4 Å². The Labute approximate surface area is 132 Å². The number of carbonyl (C=O) groups excluding carboxylic acids is 1. The Balaban J connectivity index is 1.93. The molecule has 0 bridgehead atoms. The Morgan fingerprint density at radius 2 is 2.14 bits per heavy atom.